The molecule has 0 aromatic carbocycles. The number of carbonyl (C=O) groups excluding carboxylic acids is 2. The number of hydrogen-bond acceptors (Lipinski definition) is 4. The summed E-state index contributed by atoms with van der Waals surface area (Å²) in [6.07, 6.45) is -0.410. The van der Waals surface area contributed by atoms with Gasteiger partial charge in [-0.1, -0.05) is 0 Å². The van der Waals surface area contributed by atoms with Gasteiger partial charge in [-0.3, -0.25) is 4.79 Å². The molecule has 0 aliphatic carbocycles. The zero-order valence-electron chi connectivity index (χ0n) is 11.9. The van der Waals surface area contributed by atoms with Crippen molar-refractivity contribution in [3.63, 3.8) is 0 Å². The topological polar surface area (TPSA) is 62.3 Å². The van der Waals surface area contributed by atoms with Crippen molar-refractivity contribution in [1.29, 1.82) is 0 Å². The summed E-state index contributed by atoms with van der Waals surface area (Å²) in [6.45, 7) is 3.69. The molecule has 0 radical (unpaired) electrons. The van der Waals surface area contributed by atoms with Gasteiger partial charge in [-0.2, -0.15) is 0 Å². The number of fused-ring (bicyclic) bond motifs is 1. The normalized spacial score (nSPS) is 33.8. The van der Waals surface area contributed by atoms with Gasteiger partial charge in [0.25, 0.3) is 5.91 Å². The van der Waals surface area contributed by atoms with Crippen LogP contribution in [0.25, 0.3) is 0 Å². The molecule has 20 heavy (non-hydrogen) atoms. The van der Waals surface area contributed by atoms with E-state index >= 15 is 0 Å². The van der Waals surface area contributed by atoms with Gasteiger partial charge in [0.15, 0.2) is 0 Å². The van der Waals surface area contributed by atoms with Gasteiger partial charge in [-0.05, 0) is 0 Å². The largest absolute Gasteiger partial charge is 0.378 e. The monoisotopic (exact) mass is 283 g/mol. The Kier molecular flexibility index (Phi) is 3.55. The zero-order chi connectivity index (χ0) is 14.3. The molecule has 0 bridgehead atoms. The van der Waals surface area contributed by atoms with E-state index in [1.807, 2.05) is 9.80 Å². The van der Waals surface area contributed by atoms with Crippen molar-refractivity contribution >= 4 is 11.9 Å². The SMILES string of the molecule is CO[C@@H]1C(=O)N(C)[C@@H]2CN(C(=O)N3CCOCC3)C[C@H]12. The van der Waals surface area contributed by atoms with Gasteiger partial charge in [0, 0.05) is 46.3 Å². The summed E-state index contributed by atoms with van der Waals surface area (Å²) in [5, 5.41) is 0. The molecule has 3 aliphatic rings. The van der Waals surface area contributed by atoms with Crippen LogP contribution in [0.5, 0.6) is 0 Å². The first kappa shape index (κ1) is 13.6. The van der Waals surface area contributed by atoms with Crippen LogP contribution >= 0.6 is 0 Å². The van der Waals surface area contributed by atoms with Crippen molar-refractivity contribution < 1.29 is 19.1 Å². The molecule has 0 N–H and O–H groups in total. The van der Waals surface area contributed by atoms with Crippen LogP contribution in [0.2, 0.25) is 0 Å². The summed E-state index contributed by atoms with van der Waals surface area (Å²) < 4.78 is 10.6. The van der Waals surface area contributed by atoms with Gasteiger partial charge in [0.1, 0.15) is 6.10 Å². The van der Waals surface area contributed by atoms with Gasteiger partial charge >= 0.3 is 6.03 Å². The van der Waals surface area contributed by atoms with Crippen LogP contribution in [0.15, 0.2) is 0 Å². The Morgan fingerprint density at radius 1 is 1.25 bits per heavy atom. The van der Waals surface area contributed by atoms with Gasteiger partial charge in [0.05, 0.1) is 19.3 Å². The molecule has 112 valence electrons. The summed E-state index contributed by atoms with van der Waals surface area (Å²) in [7, 11) is 3.35. The lowest BCUT2D eigenvalue weighted by Gasteiger charge is -2.31. The molecular weight excluding hydrogens is 262 g/mol. The second kappa shape index (κ2) is 5.21. The number of ether oxygens (including phenoxy) is 2. The van der Waals surface area contributed by atoms with E-state index in [0.29, 0.717) is 39.4 Å². The van der Waals surface area contributed by atoms with E-state index in [1.54, 1.807) is 19.1 Å². The quantitative estimate of drug-likeness (QED) is 0.634. The molecule has 3 amide bonds. The molecule has 0 aromatic rings. The molecule has 0 spiro atoms. The lowest BCUT2D eigenvalue weighted by Crippen LogP contribution is -2.49. The molecule has 3 saturated heterocycles. The van der Waals surface area contributed by atoms with Gasteiger partial charge < -0.3 is 24.2 Å². The average Bonchev–Trinajstić information content (AvgIpc) is 3.00. The number of methoxy groups -OCH3 is 1. The number of carbonyl (C=O) groups is 2. The van der Waals surface area contributed by atoms with E-state index in [9.17, 15) is 9.59 Å². The number of urea groups is 1. The number of amides is 3. The van der Waals surface area contributed by atoms with Crippen LogP contribution in [0, 0.1) is 5.92 Å². The first-order valence-electron chi connectivity index (χ1n) is 7.04. The van der Waals surface area contributed by atoms with Gasteiger partial charge in [-0.25, -0.2) is 4.79 Å². The highest BCUT2D eigenvalue weighted by molar-refractivity contribution is 5.85. The van der Waals surface area contributed by atoms with E-state index in [0.717, 1.165) is 0 Å². The first-order chi connectivity index (χ1) is 9.63. The molecule has 3 rings (SSSR count). The van der Waals surface area contributed by atoms with Crippen molar-refractivity contribution in [2.75, 3.05) is 53.6 Å². The lowest BCUT2D eigenvalue weighted by atomic mass is 10.0. The Morgan fingerprint density at radius 2 is 1.95 bits per heavy atom. The van der Waals surface area contributed by atoms with E-state index in [2.05, 4.69) is 0 Å². The predicted octanol–water partition coefficient (Wildman–Crippen LogP) is -0.774. The standard InChI is InChI=1S/C13H21N3O4/c1-14-10-8-16(7-9(10)11(19-2)12(14)17)13(18)15-3-5-20-6-4-15/h9-11H,3-8H2,1-2H3/t9-,10+,11-/m0/s1. The van der Waals surface area contributed by atoms with Crippen LogP contribution < -0.4 is 0 Å². The Bertz CT molecular complexity index is 410. The van der Waals surface area contributed by atoms with Crippen LogP contribution in [-0.4, -0.2) is 92.3 Å². The number of hydrogen-bond donors (Lipinski definition) is 0. The van der Waals surface area contributed by atoms with Crippen molar-refractivity contribution in [1.82, 2.24) is 14.7 Å². The molecule has 3 heterocycles. The number of likely N-dealkylation sites (tertiary alicyclic amines) is 2. The van der Waals surface area contributed by atoms with Gasteiger partial charge in [-0.15, -0.1) is 0 Å². The predicted molar refractivity (Wildman–Crippen MR) is 70.2 cm³/mol. The minimum Gasteiger partial charge on any atom is -0.378 e. The summed E-state index contributed by atoms with van der Waals surface area (Å²) in [6, 6.07) is 0.135. The van der Waals surface area contributed by atoms with E-state index in [1.165, 1.54) is 0 Å². The van der Waals surface area contributed by atoms with E-state index < -0.39 is 6.10 Å². The summed E-state index contributed by atoms with van der Waals surface area (Å²) in [4.78, 5) is 29.9. The van der Waals surface area contributed by atoms with Crippen LogP contribution in [0.4, 0.5) is 4.79 Å². The van der Waals surface area contributed by atoms with Crippen LogP contribution in [-0.2, 0) is 14.3 Å². The second-order valence-corrected chi connectivity index (χ2v) is 5.62. The summed E-state index contributed by atoms with van der Waals surface area (Å²) >= 11 is 0. The smallest absolute Gasteiger partial charge is 0.320 e. The zero-order valence-corrected chi connectivity index (χ0v) is 11.9. The van der Waals surface area contributed by atoms with Crippen LogP contribution in [0.3, 0.4) is 0 Å². The first-order valence-corrected chi connectivity index (χ1v) is 7.04. The molecule has 7 heteroatoms. The van der Waals surface area contributed by atoms with Crippen molar-refractivity contribution in [2.24, 2.45) is 5.92 Å². The number of likely N-dealkylation sites (N-methyl/N-ethyl adjacent to an activating group) is 1. The van der Waals surface area contributed by atoms with Crippen molar-refractivity contribution in [3.8, 4) is 0 Å². The number of rotatable bonds is 1. The lowest BCUT2D eigenvalue weighted by molar-refractivity contribution is -0.136. The molecule has 7 nitrogen and oxygen atoms in total. The fourth-order valence-corrected chi connectivity index (χ4v) is 3.45. The third-order valence-electron chi connectivity index (χ3n) is 4.62. The third-order valence-corrected chi connectivity index (χ3v) is 4.62. The summed E-state index contributed by atoms with van der Waals surface area (Å²) in [5.74, 6) is 0.114. The Balaban J connectivity index is 1.67. The molecule has 0 aromatic heterocycles. The van der Waals surface area contributed by atoms with E-state index in [4.69, 9.17) is 9.47 Å². The average molecular weight is 283 g/mol. The molecule has 0 saturated carbocycles. The Labute approximate surface area is 118 Å². The fourth-order valence-electron chi connectivity index (χ4n) is 3.45. The maximum Gasteiger partial charge on any atom is 0.320 e. The Hall–Kier alpha value is -1.34. The molecule has 3 aliphatic heterocycles. The molecule has 3 atom stereocenters. The van der Waals surface area contributed by atoms with E-state index in [-0.39, 0.29) is 23.9 Å². The highest BCUT2D eigenvalue weighted by Gasteiger charge is 2.52. The third kappa shape index (κ3) is 2.05. The second-order valence-electron chi connectivity index (χ2n) is 5.62. The fraction of sp³-hybridized carbons (Fsp3) is 0.846. The van der Waals surface area contributed by atoms with Crippen molar-refractivity contribution in [2.45, 2.75) is 12.1 Å². The highest BCUT2D eigenvalue weighted by atomic mass is 16.5. The number of nitrogens with zero attached hydrogens (tertiary/aromatic N) is 3. The molecule has 3 fully saturated rings. The molecule has 0 unspecified atom stereocenters. The number of morpholine rings is 1. The minimum absolute atomic E-state index is 0.0287. The highest BCUT2D eigenvalue weighted by Crippen LogP contribution is 2.33. The summed E-state index contributed by atoms with van der Waals surface area (Å²) in [5.41, 5.74) is 0. The van der Waals surface area contributed by atoms with Crippen molar-refractivity contribution in [3.05, 3.63) is 0 Å². The van der Waals surface area contributed by atoms with Gasteiger partial charge in [0.2, 0.25) is 0 Å². The maximum atomic E-state index is 12.5. The maximum absolute atomic E-state index is 12.5. The molecular formula is C13H21N3O4. The van der Waals surface area contributed by atoms with Crippen LogP contribution in [0.1, 0.15) is 0 Å². The Morgan fingerprint density at radius 3 is 2.60 bits per heavy atom. The minimum atomic E-state index is -0.410.